The number of aromatic nitrogens is 1. The van der Waals surface area contributed by atoms with Crippen molar-refractivity contribution in [3.8, 4) is 11.5 Å². The number of carbonyl (C=O) groups is 2. The predicted octanol–water partition coefficient (Wildman–Crippen LogP) is 4.61. The number of carbonyl (C=O) groups excluding carboxylic acids is 2. The standard InChI is InChI=1S/C21H18F3N3O4S/c1-30-16-8-3-12(9-17(16)31-2)19(29)27-20-26-15(11-32-20)10-18(28)25-14-6-4-13(5-7-14)21(22,23)24/h3-9,11H,10H2,1-2H3,(H,25,28)(H,26,27,29). The highest BCUT2D eigenvalue weighted by Gasteiger charge is 2.30. The first kappa shape index (κ1) is 23.1. The zero-order chi connectivity index (χ0) is 23.3. The van der Waals surface area contributed by atoms with E-state index < -0.39 is 23.6 Å². The van der Waals surface area contributed by atoms with Crippen LogP contribution in [0.2, 0.25) is 0 Å². The molecule has 2 N–H and O–H groups in total. The third-order valence-electron chi connectivity index (χ3n) is 4.26. The second kappa shape index (κ2) is 9.69. The zero-order valence-electron chi connectivity index (χ0n) is 16.9. The van der Waals surface area contributed by atoms with Gasteiger partial charge in [-0.15, -0.1) is 11.3 Å². The Morgan fingerprint density at radius 3 is 2.31 bits per heavy atom. The van der Waals surface area contributed by atoms with E-state index in [4.69, 9.17) is 9.47 Å². The first-order valence-electron chi connectivity index (χ1n) is 9.14. The van der Waals surface area contributed by atoms with Crippen LogP contribution in [0.15, 0.2) is 47.8 Å². The molecule has 3 rings (SSSR count). The monoisotopic (exact) mass is 465 g/mol. The number of nitrogens with zero attached hydrogens (tertiary/aromatic N) is 1. The Morgan fingerprint density at radius 1 is 1.00 bits per heavy atom. The fourth-order valence-electron chi connectivity index (χ4n) is 2.70. The van der Waals surface area contributed by atoms with Crippen molar-refractivity contribution >= 4 is 34.0 Å². The molecule has 0 spiro atoms. The van der Waals surface area contributed by atoms with E-state index in [9.17, 15) is 22.8 Å². The topological polar surface area (TPSA) is 89.5 Å². The molecule has 0 saturated carbocycles. The summed E-state index contributed by atoms with van der Waals surface area (Å²) < 4.78 is 48.1. The van der Waals surface area contributed by atoms with Gasteiger partial charge in [0.25, 0.3) is 5.91 Å². The lowest BCUT2D eigenvalue weighted by molar-refractivity contribution is -0.137. The third-order valence-corrected chi connectivity index (χ3v) is 5.06. The molecule has 1 aromatic heterocycles. The molecular formula is C21H18F3N3O4S. The number of nitrogens with one attached hydrogen (secondary N) is 2. The van der Waals surface area contributed by atoms with Gasteiger partial charge in [0.15, 0.2) is 16.6 Å². The number of amides is 2. The Bertz CT molecular complexity index is 1110. The van der Waals surface area contributed by atoms with Crippen LogP contribution in [0, 0.1) is 0 Å². The van der Waals surface area contributed by atoms with Gasteiger partial charge >= 0.3 is 6.18 Å². The average molecular weight is 465 g/mol. The van der Waals surface area contributed by atoms with Crippen LogP contribution < -0.4 is 20.1 Å². The summed E-state index contributed by atoms with van der Waals surface area (Å²) in [5, 5.41) is 7.06. The van der Waals surface area contributed by atoms with Crippen LogP contribution in [0.3, 0.4) is 0 Å². The number of hydrogen-bond donors (Lipinski definition) is 2. The molecule has 168 valence electrons. The van der Waals surface area contributed by atoms with Gasteiger partial charge < -0.3 is 14.8 Å². The highest BCUT2D eigenvalue weighted by atomic mass is 32.1. The van der Waals surface area contributed by atoms with E-state index in [1.807, 2.05) is 0 Å². The van der Waals surface area contributed by atoms with Crippen LogP contribution in [0.25, 0.3) is 0 Å². The van der Waals surface area contributed by atoms with Crippen molar-refractivity contribution in [2.75, 3.05) is 24.9 Å². The smallest absolute Gasteiger partial charge is 0.416 e. The summed E-state index contributed by atoms with van der Waals surface area (Å²) >= 11 is 1.14. The lowest BCUT2D eigenvalue weighted by atomic mass is 10.2. The number of benzene rings is 2. The number of thiazole rings is 1. The maximum absolute atomic E-state index is 12.6. The minimum absolute atomic E-state index is 0.107. The second-order valence-electron chi connectivity index (χ2n) is 6.47. The summed E-state index contributed by atoms with van der Waals surface area (Å²) in [6, 6.07) is 8.84. The lowest BCUT2D eigenvalue weighted by Crippen LogP contribution is -2.15. The maximum Gasteiger partial charge on any atom is 0.416 e. The minimum Gasteiger partial charge on any atom is -0.493 e. The molecule has 0 bridgehead atoms. The molecule has 32 heavy (non-hydrogen) atoms. The van der Waals surface area contributed by atoms with Crippen LogP contribution in [0.1, 0.15) is 21.6 Å². The van der Waals surface area contributed by atoms with Gasteiger partial charge in [0.1, 0.15) is 0 Å². The number of hydrogen-bond acceptors (Lipinski definition) is 6. The summed E-state index contributed by atoms with van der Waals surface area (Å²) in [5.41, 5.74) is 0.173. The summed E-state index contributed by atoms with van der Waals surface area (Å²) in [4.78, 5) is 28.8. The van der Waals surface area contributed by atoms with Gasteiger partial charge in [-0.2, -0.15) is 13.2 Å². The molecule has 3 aromatic rings. The molecule has 2 amide bonds. The Labute approximate surface area is 185 Å². The van der Waals surface area contributed by atoms with Crippen LogP contribution in [0.5, 0.6) is 11.5 Å². The van der Waals surface area contributed by atoms with Crippen molar-refractivity contribution in [2.24, 2.45) is 0 Å². The first-order chi connectivity index (χ1) is 15.2. The summed E-state index contributed by atoms with van der Waals surface area (Å²) in [6.45, 7) is 0. The number of anilines is 2. The van der Waals surface area contributed by atoms with Crippen molar-refractivity contribution in [2.45, 2.75) is 12.6 Å². The van der Waals surface area contributed by atoms with Crippen molar-refractivity contribution < 1.29 is 32.2 Å². The van der Waals surface area contributed by atoms with Crippen molar-refractivity contribution in [3.05, 3.63) is 64.7 Å². The third kappa shape index (κ3) is 5.76. The van der Waals surface area contributed by atoms with Gasteiger partial charge in [0, 0.05) is 16.6 Å². The van der Waals surface area contributed by atoms with Crippen LogP contribution in [0.4, 0.5) is 24.0 Å². The fraction of sp³-hybridized carbons (Fsp3) is 0.190. The van der Waals surface area contributed by atoms with Crippen molar-refractivity contribution in [3.63, 3.8) is 0 Å². The van der Waals surface area contributed by atoms with E-state index in [0.717, 1.165) is 23.5 Å². The van der Waals surface area contributed by atoms with Gasteiger partial charge in [-0.05, 0) is 42.5 Å². The number of ether oxygens (including phenoxy) is 2. The molecule has 1 heterocycles. The molecule has 11 heteroatoms. The zero-order valence-corrected chi connectivity index (χ0v) is 17.8. The summed E-state index contributed by atoms with van der Waals surface area (Å²) in [5.74, 6) is 0.0217. The normalized spacial score (nSPS) is 11.0. The summed E-state index contributed by atoms with van der Waals surface area (Å²) in [6.07, 6.45) is -4.55. The number of alkyl halides is 3. The fourth-order valence-corrected chi connectivity index (χ4v) is 3.41. The number of halogens is 3. The van der Waals surface area contributed by atoms with E-state index >= 15 is 0 Å². The quantitative estimate of drug-likeness (QED) is 0.532. The van der Waals surface area contributed by atoms with Gasteiger partial charge in [-0.25, -0.2) is 4.98 Å². The van der Waals surface area contributed by atoms with Gasteiger partial charge in [0.2, 0.25) is 5.91 Å². The molecule has 0 aliphatic rings. The Kier molecular flexibility index (Phi) is 6.98. The SMILES string of the molecule is COc1ccc(C(=O)Nc2nc(CC(=O)Nc3ccc(C(F)(F)F)cc3)cs2)cc1OC. The lowest BCUT2D eigenvalue weighted by Gasteiger charge is -2.09. The molecular weight excluding hydrogens is 447 g/mol. The molecule has 0 fully saturated rings. The van der Waals surface area contributed by atoms with E-state index in [1.54, 1.807) is 17.5 Å². The van der Waals surface area contributed by atoms with Crippen LogP contribution in [-0.4, -0.2) is 31.0 Å². The molecule has 0 aliphatic heterocycles. The van der Waals surface area contributed by atoms with Gasteiger partial charge in [-0.1, -0.05) is 0 Å². The van der Waals surface area contributed by atoms with E-state index in [2.05, 4.69) is 15.6 Å². The largest absolute Gasteiger partial charge is 0.493 e. The van der Waals surface area contributed by atoms with E-state index in [-0.39, 0.29) is 12.1 Å². The Balaban J connectivity index is 1.58. The molecule has 0 unspecified atom stereocenters. The molecule has 7 nitrogen and oxygen atoms in total. The van der Waals surface area contributed by atoms with Crippen molar-refractivity contribution in [1.82, 2.24) is 4.98 Å². The summed E-state index contributed by atoms with van der Waals surface area (Å²) in [7, 11) is 2.95. The maximum atomic E-state index is 12.6. The van der Waals surface area contributed by atoms with Gasteiger partial charge in [0.05, 0.1) is 31.9 Å². The van der Waals surface area contributed by atoms with E-state index in [1.165, 1.54) is 32.4 Å². The highest BCUT2D eigenvalue weighted by molar-refractivity contribution is 7.14. The molecule has 0 aliphatic carbocycles. The molecule has 0 atom stereocenters. The van der Waals surface area contributed by atoms with E-state index in [0.29, 0.717) is 27.9 Å². The molecule has 0 saturated heterocycles. The van der Waals surface area contributed by atoms with Crippen molar-refractivity contribution in [1.29, 1.82) is 0 Å². The number of methoxy groups -OCH3 is 2. The Morgan fingerprint density at radius 2 is 1.69 bits per heavy atom. The molecule has 2 aromatic carbocycles. The van der Waals surface area contributed by atoms with Gasteiger partial charge in [-0.3, -0.25) is 14.9 Å². The molecule has 0 radical (unpaired) electrons. The average Bonchev–Trinajstić information content (AvgIpc) is 3.19. The van der Waals surface area contributed by atoms with Crippen LogP contribution in [-0.2, 0) is 17.4 Å². The number of rotatable bonds is 7. The predicted molar refractivity (Wildman–Crippen MR) is 113 cm³/mol. The highest BCUT2D eigenvalue weighted by Crippen LogP contribution is 2.30. The minimum atomic E-state index is -4.44. The Hall–Kier alpha value is -3.60. The van der Waals surface area contributed by atoms with Crippen LogP contribution >= 0.6 is 11.3 Å². The second-order valence-corrected chi connectivity index (χ2v) is 7.33. The first-order valence-corrected chi connectivity index (χ1v) is 10.0.